The molecule has 0 aromatic rings. The second-order valence-electron chi connectivity index (χ2n) is 3.77. The van der Waals surface area contributed by atoms with Gasteiger partial charge in [0.15, 0.2) is 0 Å². The zero-order chi connectivity index (χ0) is 9.40. The van der Waals surface area contributed by atoms with Gasteiger partial charge in [-0.1, -0.05) is 13.8 Å². The van der Waals surface area contributed by atoms with Gasteiger partial charge in [0, 0.05) is 12.6 Å². The Morgan fingerprint density at radius 2 is 1.75 bits per heavy atom. The topological polar surface area (TPSA) is 32.3 Å². The lowest BCUT2D eigenvalue weighted by atomic mass is 10.1. The Morgan fingerprint density at radius 3 is 2.25 bits per heavy atom. The third-order valence-electron chi connectivity index (χ3n) is 2.30. The van der Waals surface area contributed by atoms with E-state index in [-0.39, 0.29) is 0 Å². The summed E-state index contributed by atoms with van der Waals surface area (Å²) >= 11 is 0. The van der Waals surface area contributed by atoms with E-state index in [9.17, 15) is 0 Å². The molecule has 74 valence electrons. The van der Waals surface area contributed by atoms with Crippen LogP contribution in [0.15, 0.2) is 0 Å². The van der Waals surface area contributed by atoms with E-state index in [1.165, 1.54) is 6.42 Å². The molecule has 0 rings (SSSR count). The molecule has 2 N–H and O–H groups in total. The van der Waals surface area contributed by atoms with Crippen LogP contribution in [-0.2, 0) is 0 Å². The first-order valence-corrected chi connectivity index (χ1v) is 5.02. The molecular formula is C10H23NO. The average molecular weight is 173 g/mol. The normalized spacial score (nSPS) is 13.8. The standard InChI is InChI=1S/C10H23NO/c1-9(2)10(3)11-7-5-4-6-8-12/h9-12H,4-8H2,1-3H3. The molecule has 0 aliphatic heterocycles. The summed E-state index contributed by atoms with van der Waals surface area (Å²) in [6.07, 6.45) is 3.25. The summed E-state index contributed by atoms with van der Waals surface area (Å²) in [5.74, 6) is 0.711. The highest BCUT2D eigenvalue weighted by atomic mass is 16.2. The highest BCUT2D eigenvalue weighted by molar-refractivity contribution is 4.63. The SMILES string of the molecule is CC(C)C(C)NCCCCCO. The highest BCUT2D eigenvalue weighted by Crippen LogP contribution is 2.00. The van der Waals surface area contributed by atoms with Crippen LogP contribution in [0.5, 0.6) is 0 Å². The molecule has 1 unspecified atom stereocenters. The van der Waals surface area contributed by atoms with Gasteiger partial charge in [0.05, 0.1) is 0 Å². The molecule has 0 bridgehead atoms. The molecule has 0 aliphatic rings. The first kappa shape index (κ1) is 11.9. The number of unbranched alkanes of at least 4 members (excludes halogenated alkanes) is 2. The molecule has 0 aromatic heterocycles. The van der Waals surface area contributed by atoms with Crippen molar-refractivity contribution in [1.82, 2.24) is 5.32 Å². The molecule has 0 aromatic carbocycles. The van der Waals surface area contributed by atoms with Crippen LogP contribution in [0, 0.1) is 5.92 Å². The summed E-state index contributed by atoms with van der Waals surface area (Å²) in [5, 5.41) is 12.0. The van der Waals surface area contributed by atoms with Gasteiger partial charge in [0.2, 0.25) is 0 Å². The van der Waals surface area contributed by atoms with Gasteiger partial charge in [-0.05, 0) is 38.6 Å². The number of hydrogen-bond acceptors (Lipinski definition) is 2. The molecule has 0 fully saturated rings. The van der Waals surface area contributed by atoms with Crippen molar-refractivity contribution in [3.8, 4) is 0 Å². The minimum atomic E-state index is 0.333. The number of aliphatic hydroxyl groups excluding tert-OH is 1. The number of aliphatic hydroxyl groups is 1. The summed E-state index contributed by atoms with van der Waals surface area (Å²) < 4.78 is 0. The Balaban J connectivity index is 3.08. The largest absolute Gasteiger partial charge is 0.396 e. The van der Waals surface area contributed by atoms with E-state index in [4.69, 9.17) is 5.11 Å². The molecule has 0 saturated carbocycles. The predicted molar refractivity (Wildman–Crippen MR) is 53.2 cm³/mol. The maximum Gasteiger partial charge on any atom is 0.0431 e. The van der Waals surface area contributed by atoms with Crippen LogP contribution in [0.3, 0.4) is 0 Å². The fraction of sp³-hybridized carbons (Fsp3) is 1.00. The van der Waals surface area contributed by atoms with Crippen LogP contribution in [0.4, 0.5) is 0 Å². The molecule has 2 nitrogen and oxygen atoms in total. The third kappa shape index (κ3) is 6.62. The van der Waals surface area contributed by atoms with Crippen LogP contribution in [-0.4, -0.2) is 24.3 Å². The second kappa shape index (κ2) is 7.56. The fourth-order valence-corrected chi connectivity index (χ4v) is 0.979. The summed E-state index contributed by atoms with van der Waals surface area (Å²) in [6.45, 7) is 8.09. The van der Waals surface area contributed by atoms with Gasteiger partial charge in [-0.3, -0.25) is 0 Å². The molecule has 2 heteroatoms. The lowest BCUT2D eigenvalue weighted by Crippen LogP contribution is -2.31. The van der Waals surface area contributed by atoms with Crippen LogP contribution in [0.25, 0.3) is 0 Å². The molecule has 0 heterocycles. The number of hydrogen-bond donors (Lipinski definition) is 2. The van der Waals surface area contributed by atoms with Crippen molar-refractivity contribution in [3.63, 3.8) is 0 Å². The third-order valence-corrected chi connectivity index (χ3v) is 2.30. The zero-order valence-electron chi connectivity index (χ0n) is 8.64. The summed E-state index contributed by atoms with van der Waals surface area (Å²) in [6, 6.07) is 0.610. The average Bonchev–Trinajstić information content (AvgIpc) is 2.03. The second-order valence-corrected chi connectivity index (χ2v) is 3.77. The Hall–Kier alpha value is -0.0800. The van der Waals surface area contributed by atoms with Crippen LogP contribution in [0.2, 0.25) is 0 Å². The van der Waals surface area contributed by atoms with Crippen molar-refractivity contribution < 1.29 is 5.11 Å². The van der Waals surface area contributed by atoms with Crippen LogP contribution >= 0.6 is 0 Å². The monoisotopic (exact) mass is 173 g/mol. The van der Waals surface area contributed by atoms with E-state index in [1.54, 1.807) is 0 Å². The van der Waals surface area contributed by atoms with Crippen molar-refractivity contribution >= 4 is 0 Å². The Bertz CT molecular complexity index is 93.8. The summed E-state index contributed by atoms with van der Waals surface area (Å²) in [5.41, 5.74) is 0. The molecular weight excluding hydrogens is 150 g/mol. The Labute approximate surface area is 76.4 Å². The number of rotatable bonds is 7. The zero-order valence-corrected chi connectivity index (χ0v) is 8.64. The number of nitrogens with one attached hydrogen (secondary N) is 1. The van der Waals surface area contributed by atoms with Crippen molar-refractivity contribution in [2.45, 2.75) is 46.1 Å². The van der Waals surface area contributed by atoms with Gasteiger partial charge in [-0.25, -0.2) is 0 Å². The van der Waals surface area contributed by atoms with Gasteiger partial charge >= 0.3 is 0 Å². The van der Waals surface area contributed by atoms with Gasteiger partial charge in [-0.2, -0.15) is 0 Å². The molecule has 0 amide bonds. The van der Waals surface area contributed by atoms with Gasteiger partial charge < -0.3 is 10.4 Å². The minimum absolute atomic E-state index is 0.333. The van der Waals surface area contributed by atoms with Crippen molar-refractivity contribution in [3.05, 3.63) is 0 Å². The van der Waals surface area contributed by atoms with Crippen molar-refractivity contribution in [1.29, 1.82) is 0 Å². The fourth-order valence-electron chi connectivity index (χ4n) is 0.979. The first-order valence-electron chi connectivity index (χ1n) is 5.02. The van der Waals surface area contributed by atoms with Crippen LogP contribution in [0.1, 0.15) is 40.0 Å². The quantitative estimate of drug-likeness (QED) is 0.575. The maximum absolute atomic E-state index is 8.54. The molecule has 0 saturated heterocycles. The van der Waals surface area contributed by atoms with Gasteiger partial charge in [-0.15, -0.1) is 0 Å². The van der Waals surface area contributed by atoms with Gasteiger partial charge in [0.1, 0.15) is 0 Å². The molecule has 0 radical (unpaired) electrons. The smallest absolute Gasteiger partial charge is 0.0431 e. The predicted octanol–water partition coefficient (Wildman–Crippen LogP) is 1.78. The van der Waals surface area contributed by atoms with Crippen LogP contribution < -0.4 is 5.32 Å². The van der Waals surface area contributed by atoms with E-state index in [1.807, 2.05) is 0 Å². The lowest BCUT2D eigenvalue weighted by Gasteiger charge is -2.16. The Morgan fingerprint density at radius 1 is 1.08 bits per heavy atom. The lowest BCUT2D eigenvalue weighted by molar-refractivity contribution is 0.282. The molecule has 12 heavy (non-hydrogen) atoms. The molecule has 0 aliphatic carbocycles. The molecule has 1 atom stereocenters. The van der Waals surface area contributed by atoms with E-state index in [0.29, 0.717) is 18.6 Å². The summed E-state index contributed by atoms with van der Waals surface area (Å²) in [4.78, 5) is 0. The molecule has 0 spiro atoms. The first-order chi connectivity index (χ1) is 5.68. The van der Waals surface area contributed by atoms with Crippen molar-refractivity contribution in [2.24, 2.45) is 5.92 Å². The van der Waals surface area contributed by atoms with Gasteiger partial charge in [0.25, 0.3) is 0 Å². The van der Waals surface area contributed by atoms with Crippen molar-refractivity contribution in [2.75, 3.05) is 13.2 Å². The van der Waals surface area contributed by atoms with E-state index in [0.717, 1.165) is 19.4 Å². The summed E-state index contributed by atoms with van der Waals surface area (Å²) in [7, 11) is 0. The van der Waals surface area contributed by atoms with E-state index in [2.05, 4.69) is 26.1 Å². The van der Waals surface area contributed by atoms with E-state index >= 15 is 0 Å². The van der Waals surface area contributed by atoms with E-state index < -0.39 is 0 Å². The highest BCUT2D eigenvalue weighted by Gasteiger charge is 2.04. The maximum atomic E-state index is 8.54. The minimum Gasteiger partial charge on any atom is -0.396 e. The Kier molecular flexibility index (Phi) is 7.51.